The van der Waals surface area contributed by atoms with Crippen LogP contribution in [0.3, 0.4) is 0 Å². The number of azo groups is 1. The first-order valence-corrected chi connectivity index (χ1v) is 7.55. The van der Waals surface area contributed by atoms with Gasteiger partial charge in [-0.1, -0.05) is 24.6 Å². The standard InChI is InChI=1S/C14H16N2O2S/c1-10-3-5-11(6-4-10)19(18)14-12(17)7-8-13(14,2)9-15-16-14/h3-6H,7-9H2,1-2H3/t13-,14+,19?/m1/s1. The summed E-state index contributed by atoms with van der Waals surface area (Å²) in [5.74, 6) is -0.0323. The number of hydrogen-bond acceptors (Lipinski definition) is 4. The van der Waals surface area contributed by atoms with Gasteiger partial charge in [0.15, 0.2) is 5.78 Å². The van der Waals surface area contributed by atoms with E-state index in [2.05, 4.69) is 10.2 Å². The fourth-order valence-corrected chi connectivity index (χ4v) is 4.69. The van der Waals surface area contributed by atoms with Gasteiger partial charge in [0.25, 0.3) is 0 Å². The van der Waals surface area contributed by atoms with Gasteiger partial charge in [-0.3, -0.25) is 9.00 Å². The minimum atomic E-state index is -1.47. The van der Waals surface area contributed by atoms with Crippen molar-refractivity contribution >= 4 is 16.6 Å². The highest BCUT2D eigenvalue weighted by Gasteiger charge is 2.65. The Morgan fingerprint density at radius 3 is 2.63 bits per heavy atom. The molecule has 1 fully saturated rings. The van der Waals surface area contributed by atoms with Crippen LogP contribution in [0.4, 0.5) is 0 Å². The summed E-state index contributed by atoms with van der Waals surface area (Å²) in [7, 11) is -1.47. The van der Waals surface area contributed by atoms with Crippen LogP contribution < -0.4 is 0 Å². The molecule has 0 spiro atoms. The fourth-order valence-electron chi connectivity index (χ4n) is 2.92. The Balaban J connectivity index is 2.09. The molecule has 0 aromatic heterocycles. The number of rotatable bonds is 2. The largest absolute Gasteiger partial charge is 0.296 e. The highest BCUT2D eigenvalue weighted by atomic mass is 32.2. The van der Waals surface area contributed by atoms with Gasteiger partial charge in [0.2, 0.25) is 4.87 Å². The van der Waals surface area contributed by atoms with Crippen molar-refractivity contribution in [3.63, 3.8) is 0 Å². The summed E-state index contributed by atoms with van der Waals surface area (Å²) in [6.45, 7) is 4.45. The lowest BCUT2D eigenvalue weighted by Crippen LogP contribution is -2.47. The van der Waals surface area contributed by atoms with Gasteiger partial charge in [-0.15, -0.1) is 0 Å². The third-order valence-corrected chi connectivity index (χ3v) is 6.27. The van der Waals surface area contributed by atoms with Gasteiger partial charge in [0, 0.05) is 16.7 Å². The van der Waals surface area contributed by atoms with Gasteiger partial charge in [-0.2, -0.15) is 10.2 Å². The zero-order valence-electron chi connectivity index (χ0n) is 11.0. The van der Waals surface area contributed by atoms with Crippen LogP contribution in [-0.4, -0.2) is 21.4 Å². The van der Waals surface area contributed by atoms with Gasteiger partial charge < -0.3 is 0 Å². The van der Waals surface area contributed by atoms with Crippen LogP contribution in [0.15, 0.2) is 39.4 Å². The fraction of sp³-hybridized carbons (Fsp3) is 0.500. The number of Topliss-reactive ketones (excluding diaryl/α,β-unsaturated/α-hetero) is 1. The monoisotopic (exact) mass is 276 g/mol. The van der Waals surface area contributed by atoms with E-state index in [1.807, 2.05) is 38.1 Å². The van der Waals surface area contributed by atoms with Crippen LogP contribution >= 0.6 is 0 Å². The Labute approximate surface area is 114 Å². The zero-order chi connectivity index (χ0) is 13.7. The molecule has 4 nitrogen and oxygen atoms in total. The molecule has 0 saturated heterocycles. The molecule has 1 aliphatic heterocycles. The van der Waals surface area contributed by atoms with Crippen molar-refractivity contribution in [3.8, 4) is 0 Å². The minimum absolute atomic E-state index is 0.0323. The molecule has 1 unspecified atom stereocenters. The second-order valence-electron chi connectivity index (χ2n) is 5.61. The molecule has 3 rings (SSSR count). The Hall–Kier alpha value is -1.36. The summed E-state index contributed by atoms with van der Waals surface area (Å²) in [4.78, 5) is 11.8. The van der Waals surface area contributed by atoms with Gasteiger partial charge in [0.1, 0.15) is 0 Å². The van der Waals surface area contributed by atoms with Gasteiger partial charge >= 0.3 is 0 Å². The van der Waals surface area contributed by atoms with Crippen LogP contribution in [0.2, 0.25) is 0 Å². The number of nitrogens with zero attached hydrogens (tertiary/aromatic N) is 2. The second kappa shape index (κ2) is 4.07. The first-order valence-electron chi connectivity index (χ1n) is 6.40. The highest BCUT2D eigenvalue weighted by molar-refractivity contribution is 7.87. The van der Waals surface area contributed by atoms with Crippen LogP contribution in [0.1, 0.15) is 25.3 Å². The maximum Gasteiger partial charge on any atom is 0.224 e. The Kier molecular flexibility index (Phi) is 2.71. The normalized spacial score (nSPS) is 34.5. The smallest absolute Gasteiger partial charge is 0.224 e. The number of ketones is 1. The number of aryl methyl sites for hydroxylation is 1. The molecule has 3 atom stereocenters. The molecule has 100 valence electrons. The van der Waals surface area contributed by atoms with E-state index in [-0.39, 0.29) is 11.2 Å². The number of fused-ring (bicyclic) bond motifs is 1. The Morgan fingerprint density at radius 1 is 1.26 bits per heavy atom. The molecule has 1 saturated carbocycles. The van der Waals surface area contributed by atoms with Crippen molar-refractivity contribution in [1.82, 2.24) is 0 Å². The van der Waals surface area contributed by atoms with E-state index in [1.54, 1.807) is 0 Å². The maximum absolute atomic E-state index is 12.9. The predicted octanol–water partition coefficient (Wildman–Crippen LogP) is 2.63. The summed E-state index contributed by atoms with van der Waals surface area (Å²) in [5.41, 5.74) is 0.714. The lowest BCUT2D eigenvalue weighted by atomic mass is 9.85. The second-order valence-corrected chi connectivity index (χ2v) is 7.21. The van der Waals surface area contributed by atoms with Gasteiger partial charge in [-0.05, 0) is 25.5 Å². The van der Waals surface area contributed by atoms with Crippen LogP contribution in [0.5, 0.6) is 0 Å². The van der Waals surface area contributed by atoms with Crippen molar-refractivity contribution in [2.75, 3.05) is 6.54 Å². The number of hydrogen-bond donors (Lipinski definition) is 0. The van der Waals surface area contributed by atoms with Crippen LogP contribution in [0, 0.1) is 12.3 Å². The van der Waals surface area contributed by atoms with E-state index >= 15 is 0 Å². The average Bonchev–Trinajstić information content (AvgIpc) is 2.85. The molecular formula is C14H16N2O2S. The number of benzene rings is 1. The van der Waals surface area contributed by atoms with Crippen molar-refractivity contribution in [3.05, 3.63) is 29.8 Å². The quantitative estimate of drug-likeness (QED) is 0.833. The summed E-state index contributed by atoms with van der Waals surface area (Å²) in [6, 6.07) is 7.46. The molecule has 1 aromatic rings. The minimum Gasteiger partial charge on any atom is -0.296 e. The molecular weight excluding hydrogens is 260 g/mol. The van der Waals surface area contributed by atoms with E-state index in [1.165, 1.54) is 0 Å². The summed E-state index contributed by atoms with van der Waals surface area (Å²) >= 11 is 0. The molecule has 0 N–H and O–H groups in total. The van der Waals surface area contributed by atoms with Crippen molar-refractivity contribution in [2.45, 2.75) is 36.5 Å². The zero-order valence-corrected chi connectivity index (χ0v) is 11.9. The molecule has 0 amide bonds. The Bertz CT molecular complexity index is 596. The highest BCUT2D eigenvalue weighted by Crippen LogP contribution is 2.53. The molecule has 1 heterocycles. The topological polar surface area (TPSA) is 58.9 Å². The van der Waals surface area contributed by atoms with E-state index in [4.69, 9.17) is 0 Å². The molecule has 1 aliphatic carbocycles. The number of carbonyl (C=O) groups is 1. The van der Waals surface area contributed by atoms with E-state index in [0.717, 1.165) is 12.0 Å². The first kappa shape index (κ1) is 12.7. The molecule has 0 bridgehead atoms. The molecule has 0 radical (unpaired) electrons. The van der Waals surface area contributed by atoms with Crippen LogP contribution in [0.25, 0.3) is 0 Å². The molecule has 2 aliphatic rings. The first-order chi connectivity index (χ1) is 8.99. The van der Waals surface area contributed by atoms with E-state index in [0.29, 0.717) is 17.9 Å². The molecule has 19 heavy (non-hydrogen) atoms. The van der Waals surface area contributed by atoms with E-state index in [9.17, 15) is 9.00 Å². The third kappa shape index (κ3) is 1.57. The Morgan fingerprint density at radius 2 is 1.95 bits per heavy atom. The summed E-state index contributed by atoms with van der Waals surface area (Å²) < 4.78 is 12.9. The van der Waals surface area contributed by atoms with Crippen molar-refractivity contribution < 1.29 is 9.00 Å². The van der Waals surface area contributed by atoms with Crippen molar-refractivity contribution in [2.24, 2.45) is 15.6 Å². The van der Waals surface area contributed by atoms with E-state index < -0.39 is 15.7 Å². The average molecular weight is 276 g/mol. The van der Waals surface area contributed by atoms with Crippen LogP contribution in [-0.2, 0) is 15.6 Å². The summed E-state index contributed by atoms with van der Waals surface area (Å²) in [6.07, 6.45) is 1.17. The lowest BCUT2D eigenvalue weighted by molar-refractivity contribution is -0.120. The maximum atomic E-state index is 12.9. The van der Waals surface area contributed by atoms with Crippen molar-refractivity contribution in [1.29, 1.82) is 0 Å². The van der Waals surface area contributed by atoms with Gasteiger partial charge in [0.05, 0.1) is 17.3 Å². The lowest BCUT2D eigenvalue weighted by Gasteiger charge is -2.31. The predicted molar refractivity (Wildman–Crippen MR) is 72.4 cm³/mol. The number of carbonyl (C=O) groups excluding carboxylic acids is 1. The summed E-state index contributed by atoms with van der Waals surface area (Å²) in [5, 5.41) is 8.19. The SMILES string of the molecule is Cc1ccc(S(=O)[C@]23N=NC[C@@]2(C)CCC3=O)cc1. The molecule has 1 aromatic carbocycles. The molecule has 5 heteroatoms. The van der Waals surface area contributed by atoms with Gasteiger partial charge in [-0.25, -0.2) is 0 Å². The third-order valence-electron chi connectivity index (χ3n) is 4.23.